The van der Waals surface area contributed by atoms with E-state index in [4.69, 9.17) is 11.6 Å². The van der Waals surface area contributed by atoms with Gasteiger partial charge in [-0.3, -0.25) is 13.9 Å². The quantitative estimate of drug-likeness (QED) is 0.406. The van der Waals surface area contributed by atoms with Gasteiger partial charge in [0.05, 0.1) is 15.6 Å². The third-order valence-electron chi connectivity index (χ3n) is 5.39. The summed E-state index contributed by atoms with van der Waals surface area (Å²) in [4.78, 5) is 27.5. The van der Waals surface area contributed by atoms with E-state index in [0.29, 0.717) is 0 Å². The minimum atomic E-state index is -4.14. The van der Waals surface area contributed by atoms with Gasteiger partial charge in [-0.1, -0.05) is 70.0 Å². The molecule has 0 aromatic heterocycles. The van der Waals surface area contributed by atoms with Crippen molar-refractivity contribution < 1.29 is 18.0 Å². The Morgan fingerprint density at radius 2 is 1.66 bits per heavy atom. The summed E-state index contributed by atoms with van der Waals surface area (Å²) in [7, 11) is -2.66. The maximum absolute atomic E-state index is 13.7. The van der Waals surface area contributed by atoms with Crippen molar-refractivity contribution in [2.24, 2.45) is 0 Å². The molecule has 35 heavy (non-hydrogen) atoms. The number of hydrogen-bond acceptors (Lipinski definition) is 4. The van der Waals surface area contributed by atoms with Crippen LogP contribution in [0.5, 0.6) is 0 Å². The van der Waals surface area contributed by atoms with Crippen LogP contribution in [0, 0.1) is 0 Å². The predicted octanol–water partition coefficient (Wildman–Crippen LogP) is 4.46. The van der Waals surface area contributed by atoms with Crippen LogP contribution in [0.4, 0.5) is 5.69 Å². The molecule has 2 amide bonds. The molecule has 10 heteroatoms. The van der Waals surface area contributed by atoms with Crippen LogP contribution in [0.25, 0.3) is 0 Å². The van der Waals surface area contributed by atoms with Crippen LogP contribution in [-0.4, -0.2) is 44.8 Å². The molecule has 0 saturated carbocycles. The average molecular weight is 579 g/mol. The second-order valence-electron chi connectivity index (χ2n) is 7.72. The number of nitrogens with zero attached hydrogens (tertiary/aromatic N) is 2. The van der Waals surface area contributed by atoms with E-state index in [1.807, 2.05) is 24.3 Å². The number of likely N-dealkylation sites (N-methyl/N-ethyl adjacent to an activating group) is 1. The molecule has 3 aromatic rings. The number of rotatable bonds is 9. The zero-order chi connectivity index (χ0) is 25.6. The molecule has 0 aliphatic rings. The lowest BCUT2D eigenvalue weighted by molar-refractivity contribution is -0.139. The van der Waals surface area contributed by atoms with E-state index in [0.717, 1.165) is 14.3 Å². The Morgan fingerprint density at radius 1 is 1.00 bits per heavy atom. The molecule has 0 fully saturated rings. The summed E-state index contributed by atoms with van der Waals surface area (Å²) in [5, 5.41) is 2.73. The minimum absolute atomic E-state index is 0.0191. The smallest absolute Gasteiger partial charge is 0.264 e. The highest BCUT2D eigenvalue weighted by atomic mass is 79.9. The average Bonchev–Trinajstić information content (AvgIpc) is 2.85. The molecule has 0 aliphatic carbocycles. The van der Waals surface area contributed by atoms with Crippen molar-refractivity contribution in [1.29, 1.82) is 0 Å². The van der Waals surface area contributed by atoms with E-state index in [1.165, 1.54) is 30.1 Å². The van der Waals surface area contributed by atoms with Gasteiger partial charge in [-0.05, 0) is 48.9 Å². The van der Waals surface area contributed by atoms with E-state index in [-0.39, 0.29) is 28.1 Å². The van der Waals surface area contributed by atoms with Crippen LogP contribution >= 0.6 is 27.5 Å². The van der Waals surface area contributed by atoms with Gasteiger partial charge in [-0.2, -0.15) is 0 Å². The van der Waals surface area contributed by atoms with Crippen LogP contribution in [0.3, 0.4) is 0 Å². The normalized spacial score (nSPS) is 12.0. The number of anilines is 1. The summed E-state index contributed by atoms with van der Waals surface area (Å²) >= 11 is 9.77. The highest BCUT2D eigenvalue weighted by molar-refractivity contribution is 9.10. The summed E-state index contributed by atoms with van der Waals surface area (Å²) in [5.74, 6) is -0.927. The van der Waals surface area contributed by atoms with E-state index in [9.17, 15) is 18.0 Å². The van der Waals surface area contributed by atoms with E-state index in [1.54, 1.807) is 43.3 Å². The molecule has 0 aliphatic heterocycles. The summed E-state index contributed by atoms with van der Waals surface area (Å²) < 4.78 is 29.0. The van der Waals surface area contributed by atoms with Gasteiger partial charge in [0.15, 0.2) is 0 Å². The fourth-order valence-corrected chi connectivity index (χ4v) is 5.70. The standard InChI is InChI=1S/C25H25BrClN3O4S/c1-18(25(32)28-2)29(16-19-9-8-10-20(26)15-19)24(31)17-30(23-14-7-6-13-22(23)27)35(33,34)21-11-4-3-5-12-21/h3-15,18H,16-17H2,1-2H3,(H,28,32)/t18-/m0/s1. The first-order chi connectivity index (χ1) is 16.6. The number of carbonyl (C=O) groups is 2. The third-order valence-corrected chi connectivity index (χ3v) is 7.97. The summed E-state index contributed by atoms with van der Waals surface area (Å²) in [5.41, 5.74) is 0.944. The zero-order valence-electron chi connectivity index (χ0n) is 19.2. The Balaban J connectivity index is 2.04. The number of carbonyl (C=O) groups excluding carboxylic acids is 2. The SMILES string of the molecule is CNC(=O)[C@H](C)N(Cc1cccc(Br)c1)C(=O)CN(c1ccccc1Cl)S(=O)(=O)c1ccccc1. The second kappa shape index (κ2) is 11.7. The topological polar surface area (TPSA) is 86.8 Å². The first-order valence-corrected chi connectivity index (χ1v) is 13.3. The van der Waals surface area contributed by atoms with Gasteiger partial charge in [0.1, 0.15) is 12.6 Å². The molecule has 3 rings (SSSR count). The monoisotopic (exact) mass is 577 g/mol. The number of sulfonamides is 1. The van der Waals surface area contributed by atoms with E-state index < -0.39 is 28.5 Å². The molecule has 0 bridgehead atoms. The van der Waals surface area contributed by atoms with Gasteiger partial charge in [-0.25, -0.2) is 8.42 Å². The third kappa shape index (κ3) is 6.42. The van der Waals surface area contributed by atoms with Gasteiger partial charge in [0.25, 0.3) is 10.0 Å². The number of hydrogen-bond donors (Lipinski definition) is 1. The highest BCUT2D eigenvalue weighted by Gasteiger charge is 2.33. The number of nitrogens with one attached hydrogen (secondary N) is 1. The number of halogens is 2. The Labute approximate surface area is 218 Å². The molecule has 0 unspecified atom stereocenters. The van der Waals surface area contributed by atoms with Crippen molar-refractivity contribution in [3.05, 3.63) is 93.9 Å². The largest absolute Gasteiger partial charge is 0.357 e. The number of benzene rings is 3. The van der Waals surface area contributed by atoms with Crippen LogP contribution < -0.4 is 9.62 Å². The molecule has 1 atom stereocenters. The van der Waals surface area contributed by atoms with Crippen LogP contribution in [0.2, 0.25) is 5.02 Å². The van der Waals surface area contributed by atoms with Crippen molar-refractivity contribution in [2.75, 3.05) is 17.9 Å². The number of amides is 2. The van der Waals surface area contributed by atoms with Crippen molar-refractivity contribution >= 4 is 55.1 Å². The highest BCUT2D eigenvalue weighted by Crippen LogP contribution is 2.30. The summed E-state index contributed by atoms with van der Waals surface area (Å²) in [6, 6.07) is 20.7. The molecule has 0 spiro atoms. The Hall–Kier alpha value is -2.88. The van der Waals surface area contributed by atoms with Crippen molar-refractivity contribution in [2.45, 2.75) is 24.4 Å². The molecule has 184 valence electrons. The first kappa shape index (κ1) is 26.7. The lowest BCUT2D eigenvalue weighted by Gasteiger charge is -2.32. The molecule has 0 saturated heterocycles. The molecule has 3 aromatic carbocycles. The Morgan fingerprint density at radius 3 is 2.29 bits per heavy atom. The van der Waals surface area contributed by atoms with E-state index in [2.05, 4.69) is 21.2 Å². The maximum Gasteiger partial charge on any atom is 0.264 e. The maximum atomic E-state index is 13.7. The molecule has 0 heterocycles. The zero-order valence-corrected chi connectivity index (χ0v) is 22.3. The molecular formula is C25H25BrClN3O4S. The van der Waals surface area contributed by atoms with Crippen LogP contribution in [0.1, 0.15) is 12.5 Å². The fraction of sp³-hybridized carbons (Fsp3) is 0.200. The summed E-state index contributed by atoms with van der Waals surface area (Å²) in [6.45, 7) is 1.16. The van der Waals surface area contributed by atoms with Crippen LogP contribution in [-0.2, 0) is 26.2 Å². The fourth-order valence-electron chi connectivity index (χ4n) is 3.51. The van der Waals surface area contributed by atoms with Crippen molar-refractivity contribution in [1.82, 2.24) is 10.2 Å². The van der Waals surface area contributed by atoms with Gasteiger partial charge < -0.3 is 10.2 Å². The molecule has 1 N–H and O–H groups in total. The Bertz CT molecular complexity index is 1300. The number of para-hydroxylation sites is 1. The van der Waals surface area contributed by atoms with Crippen molar-refractivity contribution in [3.8, 4) is 0 Å². The van der Waals surface area contributed by atoms with Gasteiger partial charge in [0, 0.05) is 18.1 Å². The molecule has 7 nitrogen and oxygen atoms in total. The molecular weight excluding hydrogens is 554 g/mol. The van der Waals surface area contributed by atoms with E-state index >= 15 is 0 Å². The van der Waals surface area contributed by atoms with Gasteiger partial charge in [-0.15, -0.1) is 0 Å². The van der Waals surface area contributed by atoms with Crippen LogP contribution in [0.15, 0.2) is 88.2 Å². The van der Waals surface area contributed by atoms with Gasteiger partial charge in [0.2, 0.25) is 11.8 Å². The van der Waals surface area contributed by atoms with Gasteiger partial charge >= 0.3 is 0 Å². The lowest BCUT2D eigenvalue weighted by Crippen LogP contribution is -2.50. The summed E-state index contributed by atoms with van der Waals surface area (Å²) in [6.07, 6.45) is 0. The first-order valence-electron chi connectivity index (χ1n) is 10.7. The minimum Gasteiger partial charge on any atom is -0.357 e. The lowest BCUT2D eigenvalue weighted by atomic mass is 10.1. The predicted molar refractivity (Wildman–Crippen MR) is 141 cm³/mol. The second-order valence-corrected chi connectivity index (χ2v) is 10.9. The Kier molecular flexibility index (Phi) is 8.93. The molecule has 0 radical (unpaired) electrons. The van der Waals surface area contributed by atoms with Crippen molar-refractivity contribution in [3.63, 3.8) is 0 Å².